The van der Waals surface area contributed by atoms with Gasteiger partial charge in [0.1, 0.15) is 11.6 Å². The van der Waals surface area contributed by atoms with E-state index >= 15 is 0 Å². The minimum Gasteiger partial charge on any atom is -0.439 e. The first-order valence-electron chi connectivity index (χ1n) is 7.21. The molecule has 21 heavy (non-hydrogen) atoms. The van der Waals surface area contributed by atoms with Crippen LogP contribution < -0.4 is 10.1 Å². The summed E-state index contributed by atoms with van der Waals surface area (Å²) in [6, 6.07) is 8.62. The van der Waals surface area contributed by atoms with Crippen molar-refractivity contribution in [3.8, 4) is 11.6 Å². The second kappa shape index (κ2) is 7.18. The van der Waals surface area contributed by atoms with E-state index in [9.17, 15) is 4.39 Å². The second-order valence-electron chi connectivity index (χ2n) is 5.08. The van der Waals surface area contributed by atoms with E-state index in [1.54, 1.807) is 19.1 Å². The van der Waals surface area contributed by atoms with Gasteiger partial charge in [-0.05, 0) is 44.0 Å². The number of aryl methyl sites for hydroxylation is 2. The van der Waals surface area contributed by atoms with Crippen molar-refractivity contribution in [2.24, 2.45) is 0 Å². The molecule has 0 spiro atoms. The molecule has 0 unspecified atom stereocenters. The van der Waals surface area contributed by atoms with E-state index in [2.05, 4.69) is 17.2 Å². The highest BCUT2D eigenvalue weighted by molar-refractivity contribution is 5.32. The Morgan fingerprint density at radius 1 is 1.19 bits per heavy atom. The number of rotatable bonds is 6. The van der Waals surface area contributed by atoms with Gasteiger partial charge >= 0.3 is 0 Å². The van der Waals surface area contributed by atoms with Crippen LogP contribution in [-0.4, -0.2) is 11.5 Å². The molecule has 1 aromatic carbocycles. The van der Waals surface area contributed by atoms with Gasteiger partial charge in [0.2, 0.25) is 5.88 Å². The van der Waals surface area contributed by atoms with Crippen molar-refractivity contribution < 1.29 is 9.13 Å². The summed E-state index contributed by atoms with van der Waals surface area (Å²) in [5.41, 5.74) is 2.67. The SMILES string of the molecule is CCCNCc1ccc(Oc2ccc(C)c(F)c2)nc1C. The smallest absolute Gasteiger partial charge is 0.219 e. The fourth-order valence-electron chi connectivity index (χ4n) is 1.97. The van der Waals surface area contributed by atoms with Crippen LogP contribution in [0.4, 0.5) is 4.39 Å². The van der Waals surface area contributed by atoms with Gasteiger partial charge in [-0.3, -0.25) is 0 Å². The van der Waals surface area contributed by atoms with Crippen LogP contribution >= 0.6 is 0 Å². The van der Waals surface area contributed by atoms with Crippen molar-refractivity contribution in [3.05, 3.63) is 53.0 Å². The summed E-state index contributed by atoms with van der Waals surface area (Å²) in [5, 5.41) is 3.34. The third kappa shape index (κ3) is 4.26. The second-order valence-corrected chi connectivity index (χ2v) is 5.08. The fraction of sp³-hybridized carbons (Fsp3) is 0.353. The quantitative estimate of drug-likeness (QED) is 0.812. The summed E-state index contributed by atoms with van der Waals surface area (Å²) in [5.74, 6) is 0.668. The van der Waals surface area contributed by atoms with Gasteiger partial charge < -0.3 is 10.1 Å². The fourth-order valence-corrected chi connectivity index (χ4v) is 1.97. The van der Waals surface area contributed by atoms with Crippen LogP contribution in [0.1, 0.15) is 30.2 Å². The highest BCUT2D eigenvalue weighted by atomic mass is 19.1. The molecule has 0 aliphatic heterocycles. The van der Waals surface area contributed by atoms with Crippen molar-refractivity contribution in [3.63, 3.8) is 0 Å². The Hall–Kier alpha value is -1.94. The van der Waals surface area contributed by atoms with Crippen LogP contribution in [0.15, 0.2) is 30.3 Å². The minimum atomic E-state index is -0.274. The molecule has 2 rings (SSSR count). The largest absolute Gasteiger partial charge is 0.439 e. The van der Waals surface area contributed by atoms with Gasteiger partial charge in [0.25, 0.3) is 0 Å². The van der Waals surface area contributed by atoms with E-state index in [1.807, 2.05) is 19.1 Å². The predicted octanol–water partition coefficient (Wildman–Crippen LogP) is 4.13. The molecule has 1 aromatic heterocycles. The number of nitrogens with one attached hydrogen (secondary N) is 1. The molecule has 0 amide bonds. The first-order valence-corrected chi connectivity index (χ1v) is 7.21. The van der Waals surface area contributed by atoms with Crippen LogP contribution in [0.2, 0.25) is 0 Å². The minimum absolute atomic E-state index is 0.274. The Labute approximate surface area is 125 Å². The van der Waals surface area contributed by atoms with E-state index in [-0.39, 0.29) is 5.82 Å². The molecule has 0 bridgehead atoms. The maximum Gasteiger partial charge on any atom is 0.219 e. The summed E-state index contributed by atoms with van der Waals surface area (Å²) in [7, 11) is 0. The van der Waals surface area contributed by atoms with Crippen molar-refractivity contribution in [2.45, 2.75) is 33.7 Å². The van der Waals surface area contributed by atoms with Gasteiger partial charge in [-0.15, -0.1) is 0 Å². The molecule has 0 saturated heterocycles. The monoisotopic (exact) mass is 288 g/mol. The van der Waals surface area contributed by atoms with Crippen LogP contribution in [0.3, 0.4) is 0 Å². The average molecular weight is 288 g/mol. The number of hydrogen-bond acceptors (Lipinski definition) is 3. The molecule has 112 valence electrons. The number of ether oxygens (including phenoxy) is 1. The Balaban J connectivity index is 2.07. The standard InChI is InChI=1S/C17H21FN2O/c1-4-9-19-11-14-6-8-17(20-13(14)3)21-15-7-5-12(2)16(18)10-15/h5-8,10,19H,4,9,11H2,1-3H3. The summed E-state index contributed by atoms with van der Waals surface area (Å²) in [4.78, 5) is 4.41. The maximum absolute atomic E-state index is 13.5. The molecule has 4 heteroatoms. The number of hydrogen-bond donors (Lipinski definition) is 1. The van der Waals surface area contributed by atoms with Crippen LogP contribution in [0.25, 0.3) is 0 Å². The number of benzene rings is 1. The predicted molar refractivity (Wildman–Crippen MR) is 82.2 cm³/mol. The molecule has 0 aliphatic rings. The Morgan fingerprint density at radius 3 is 2.67 bits per heavy atom. The molecule has 3 nitrogen and oxygen atoms in total. The summed E-state index contributed by atoms with van der Waals surface area (Å²) in [6.45, 7) is 7.59. The lowest BCUT2D eigenvalue weighted by molar-refractivity contribution is 0.455. The molecule has 0 atom stereocenters. The zero-order valence-electron chi connectivity index (χ0n) is 12.7. The average Bonchev–Trinajstić information content (AvgIpc) is 2.45. The van der Waals surface area contributed by atoms with E-state index in [1.165, 1.54) is 6.07 Å². The number of halogens is 1. The third-order valence-corrected chi connectivity index (χ3v) is 3.28. The van der Waals surface area contributed by atoms with Gasteiger partial charge in [0.15, 0.2) is 0 Å². The van der Waals surface area contributed by atoms with E-state index in [0.717, 1.165) is 30.8 Å². The first kappa shape index (κ1) is 15.4. The lowest BCUT2D eigenvalue weighted by Crippen LogP contribution is -2.15. The molecule has 1 heterocycles. The summed E-state index contributed by atoms with van der Waals surface area (Å²) in [6.07, 6.45) is 1.10. The molecule has 0 fully saturated rings. The molecule has 0 saturated carbocycles. The summed E-state index contributed by atoms with van der Waals surface area (Å²) >= 11 is 0. The third-order valence-electron chi connectivity index (χ3n) is 3.28. The van der Waals surface area contributed by atoms with Crippen molar-refractivity contribution in [2.75, 3.05) is 6.54 Å². The first-order chi connectivity index (χ1) is 10.1. The maximum atomic E-state index is 13.5. The Kier molecular flexibility index (Phi) is 5.28. The van der Waals surface area contributed by atoms with Gasteiger partial charge in [0, 0.05) is 24.4 Å². The van der Waals surface area contributed by atoms with Crippen molar-refractivity contribution >= 4 is 0 Å². The molecule has 2 aromatic rings. The lowest BCUT2D eigenvalue weighted by Gasteiger charge is -2.10. The molecule has 1 N–H and O–H groups in total. The van der Waals surface area contributed by atoms with Crippen LogP contribution in [0, 0.1) is 19.7 Å². The zero-order chi connectivity index (χ0) is 15.2. The van der Waals surface area contributed by atoms with E-state index in [0.29, 0.717) is 17.2 Å². The van der Waals surface area contributed by atoms with Gasteiger partial charge in [0.05, 0.1) is 0 Å². The number of aromatic nitrogens is 1. The van der Waals surface area contributed by atoms with Gasteiger partial charge in [-0.25, -0.2) is 9.37 Å². The number of pyridine rings is 1. The van der Waals surface area contributed by atoms with E-state index in [4.69, 9.17) is 4.74 Å². The van der Waals surface area contributed by atoms with Crippen molar-refractivity contribution in [1.82, 2.24) is 10.3 Å². The topological polar surface area (TPSA) is 34.1 Å². The van der Waals surface area contributed by atoms with Gasteiger partial charge in [-0.2, -0.15) is 0 Å². The van der Waals surface area contributed by atoms with E-state index < -0.39 is 0 Å². The Morgan fingerprint density at radius 2 is 2.00 bits per heavy atom. The number of nitrogens with zero attached hydrogens (tertiary/aromatic N) is 1. The highest BCUT2D eigenvalue weighted by Crippen LogP contribution is 2.22. The highest BCUT2D eigenvalue weighted by Gasteiger charge is 2.05. The van der Waals surface area contributed by atoms with Crippen LogP contribution in [-0.2, 0) is 6.54 Å². The van der Waals surface area contributed by atoms with Crippen LogP contribution in [0.5, 0.6) is 11.6 Å². The molecule has 0 radical (unpaired) electrons. The Bertz CT molecular complexity index is 614. The normalized spacial score (nSPS) is 10.7. The summed E-state index contributed by atoms with van der Waals surface area (Å²) < 4.78 is 19.1. The molecule has 0 aliphatic carbocycles. The lowest BCUT2D eigenvalue weighted by atomic mass is 10.2. The zero-order valence-corrected chi connectivity index (χ0v) is 12.7. The van der Waals surface area contributed by atoms with Crippen molar-refractivity contribution in [1.29, 1.82) is 0 Å². The van der Waals surface area contributed by atoms with Gasteiger partial charge in [-0.1, -0.05) is 19.1 Å². The molecular weight excluding hydrogens is 267 g/mol. The molecular formula is C17H21FN2O.